The number of carbonyl (C=O) groups excluding carboxylic acids is 1. The number of carbonyl (C=O) groups is 1. The fraction of sp³-hybridized carbons (Fsp3) is 0.389. The number of hydrogen-bond donors (Lipinski definition) is 1. The summed E-state index contributed by atoms with van der Waals surface area (Å²) in [5.74, 6) is 0.826. The number of hydrogen-bond acceptors (Lipinski definition) is 3. The minimum atomic E-state index is -0.00347. The zero-order valence-electron chi connectivity index (χ0n) is 13.2. The lowest BCUT2D eigenvalue weighted by Gasteiger charge is -2.23. The van der Waals surface area contributed by atoms with E-state index in [1.807, 2.05) is 41.7 Å². The number of aryl methyl sites for hydroxylation is 1. The van der Waals surface area contributed by atoms with Crippen molar-refractivity contribution in [2.24, 2.45) is 0 Å². The van der Waals surface area contributed by atoms with E-state index in [-0.39, 0.29) is 5.91 Å². The second kappa shape index (κ2) is 5.65. The number of nitrogens with zero attached hydrogens (tertiary/aromatic N) is 3. The van der Waals surface area contributed by atoms with E-state index in [1.54, 1.807) is 0 Å². The molecule has 1 aliphatic rings. The molecule has 1 amide bonds. The fourth-order valence-electron chi connectivity index (χ4n) is 3.57. The molecule has 0 radical (unpaired) electrons. The average molecular weight is 308 g/mol. The fourth-order valence-corrected chi connectivity index (χ4v) is 3.57. The molecular formula is C18H20N4O. The van der Waals surface area contributed by atoms with Crippen LogP contribution in [0.3, 0.4) is 0 Å². The standard InChI is InChI=1S/C18H20N4O/c1-12-20-21-17-11-15(14-9-5-6-10-16(14)22(12)17)18(23)19-13-7-3-2-4-8-13/h5-6,9-11,13H,2-4,7-8H2,1H3,(H,19,23). The summed E-state index contributed by atoms with van der Waals surface area (Å²) in [5.41, 5.74) is 2.38. The molecule has 0 atom stereocenters. The Bertz CT molecular complexity index is 877. The van der Waals surface area contributed by atoms with E-state index in [1.165, 1.54) is 19.3 Å². The van der Waals surface area contributed by atoms with E-state index in [0.29, 0.717) is 11.6 Å². The molecule has 1 aromatic carbocycles. The highest BCUT2D eigenvalue weighted by Crippen LogP contribution is 2.23. The van der Waals surface area contributed by atoms with Gasteiger partial charge in [0.15, 0.2) is 5.65 Å². The topological polar surface area (TPSA) is 59.3 Å². The Hall–Kier alpha value is -2.43. The summed E-state index contributed by atoms with van der Waals surface area (Å²) in [4.78, 5) is 12.8. The van der Waals surface area contributed by atoms with Crippen molar-refractivity contribution in [2.45, 2.75) is 45.1 Å². The van der Waals surface area contributed by atoms with Crippen LogP contribution in [0.2, 0.25) is 0 Å². The summed E-state index contributed by atoms with van der Waals surface area (Å²) in [5, 5.41) is 12.5. The Kier molecular flexibility index (Phi) is 3.48. The molecular weight excluding hydrogens is 288 g/mol. The van der Waals surface area contributed by atoms with Gasteiger partial charge in [-0.25, -0.2) is 0 Å². The first-order chi connectivity index (χ1) is 11.2. The Labute approximate surface area is 134 Å². The third kappa shape index (κ3) is 2.46. The lowest BCUT2D eigenvalue weighted by Crippen LogP contribution is -2.36. The van der Waals surface area contributed by atoms with Gasteiger partial charge in [0.25, 0.3) is 5.91 Å². The van der Waals surface area contributed by atoms with Crippen molar-refractivity contribution in [1.29, 1.82) is 0 Å². The number of pyridine rings is 1. The summed E-state index contributed by atoms with van der Waals surface area (Å²) in [6, 6.07) is 10.1. The summed E-state index contributed by atoms with van der Waals surface area (Å²) in [6.07, 6.45) is 5.84. The van der Waals surface area contributed by atoms with Crippen molar-refractivity contribution in [3.8, 4) is 0 Å². The molecule has 5 nitrogen and oxygen atoms in total. The molecule has 1 saturated carbocycles. The SMILES string of the molecule is Cc1nnc2cc(C(=O)NC3CCCCC3)c3ccccc3n12. The van der Waals surface area contributed by atoms with Crippen molar-refractivity contribution in [3.05, 3.63) is 41.7 Å². The molecule has 0 aliphatic heterocycles. The van der Waals surface area contributed by atoms with E-state index in [2.05, 4.69) is 15.5 Å². The first-order valence-electron chi connectivity index (χ1n) is 8.28. The van der Waals surface area contributed by atoms with Crippen LogP contribution in [0.15, 0.2) is 30.3 Å². The average Bonchev–Trinajstić information content (AvgIpc) is 2.96. The molecule has 1 N–H and O–H groups in total. The molecule has 0 saturated heterocycles. The Morgan fingerprint density at radius 2 is 1.96 bits per heavy atom. The summed E-state index contributed by atoms with van der Waals surface area (Å²) in [6.45, 7) is 1.92. The maximum atomic E-state index is 12.8. The highest BCUT2D eigenvalue weighted by atomic mass is 16.1. The molecule has 2 aromatic heterocycles. The Morgan fingerprint density at radius 1 is 1.17 bits per heavy atom. The molecule has 118 valence electrons. The van der Waals surface area contributed by atoms with Crippen LogP contribution in [0.25, 0.3) is 16.6 Å². The third-order valence-corrected chi connectivity index (χ3v) is 4.74. The van der Waals surface area contributed by atoms with Crippen LogP contribution >= 0.6 is 0 Å². The van der Waals surface area contributed by atoms with Crippen molar-refractivity contribution in [1.82, 2.24) is 19.9 Å². The maximum Gasteiger partial charge on any atom is 0.252 e. The summed E-state index contributed by atoms with van der Waals surface area (Å²) < 4.78 is 1.99. The van der Waals surface area contributed by atoms with E-state index in [4.69, 9.17) is 0 Å². The number of nitrogens with one attached hydrogen (secondary N) is 1. The molecule has 2 heterocycles. The van der Waals surface area contributed by atoms with Gasteiger partial charge in [0.1, 0.15) is 5.82 Å². The van der Waals surface area contributed by atoms with Gasteiger partial charge in [-0.1, -0.05) is 37.5 Å². The maximum absolute atomic E-state index is 12.8. The predicted octanol–water partition coefficient (Wildman–Crippen LogP) is 3.25. The largest absolute Gasteiger partial charge is 0.349 e. The highest BCUT2D eigenvalue weighted by molar-refractivity contribution is 6.07. The van der Waals surface area contributed by atoms with Gasteiger partial charge in [-0.15, -0.1) is 10.2 Å². The Morgan fingerprint density at radius 3 is 2.78 bits per heavy atom. The van der Waals surface area contributed by atoms with Gasteiger partial charge in [-0.3, -0.25) is 9.20 Å². The van der Waals surface area contributed by atoms with Gasteiger partial charge in [-0.2, -0.15) is 0 Å². The molecule has 0 bridgehead atoms. The number of aromatic nitrogens is 3. The van der Waals surface area contributed by atoms with Gasteiger partial charge in [0.05, 0.1) is 11.1 Å². The second-order valence-corrected chi connectivity index (χ2v) is 6.32. The van der Waals surface area contributed by atoms with Crippen LogP contribution in [0.5, 0.6) is 0 Å². The number of fused-ring (bicyclic) bond motifs is 3. The summed E-state index contributed by atoms with van der Waals surface area (Å²) in [7, 11) is 0. The van der Waals surface area contributed by atoms with Crippen LogP contribution in [0.1, 0.15) is 48.3 Å². The molecule has 1 fully saturated rings. The first kappa shape index (κ1) is 14.2. The number of benzene rings is 1. The van der Waals surface area contributed by atoms with E-state index >= 15 is 0 Å². The van der Waals surface area contributed by atoms with E-state index in [9.17, 15) is 4.79 Å². The number of rotatable bonds is 2. The van der Waals surface area contributed by atoms with Crippen LogP contribution in [0, 0.1) is 6.92 Å². The number of amides is 1. The summed E-state index contributed by atoms with van der Waals surface area (Å²) >= 11 is 0. The lowest BCUT2D eigenvalue weighted by atomic mass is 9.95. The number of para-hydroxylation sites is 1. The van der Waals surface area contributed by atoms with Crippen LogP contribution in [-0.2, 0) is 0 Å². The first-order valence-corrected chi connectivity index (χ1v) is 8.28. The van der Waals surface area contributed by atoms with Gasteiger partial charge in [0, 0.05) is 11.4 Å². The van der Waals surface area contributed by atoms with Gasteiger partial charge in [0.2, 0.25) is 0 Å². The van der Waals surface area contributed by atoms with Crippen LogP contribution in [0.4, 0.5) is 0 Å². The molecule has 0 unspecified atom stereocenters. The normalized spacial score (nSPS) is 16.0. The molecule has 1 aliphatic carbocycles. The molecule has 5 heteroatoms. The zero-order chi connectivity index (χ0) is 15.8. The van der Waals surface area contributed by atoms with E-state index in [0.717, 1.165) is 35.2 Å². The molecule has 0 spiro atoms. The van der Waals surface area contributed by atoms with Crippen molar-refractivity contribution >= 4 is 22.5 Å². The predicted molar refractivity (Wildman–Crippen MR) is 89.6 cm³/mol. The van der Waals surface area contributed by atoms with Gasteiger partial charge < -0.3 is 5.32 Å². The molecule has 3 aromatic rings. The smallest absolute Gasteiger partial charge is 0.252 e. The minimum absolute atomic E-state index is 0.00347. The lowest BCUT2D eigenvalue weighted by molar-refractivity contribution is 0.0929. The van der Waals surface area contributed by atoms with Crippen molar-refractivity contribution in [2.75, 3.05) is 0 Å². The third-order valence-electron chi connectivity index (χ3n) is 4.74. The minimum Gasteiger partial charge on any atom is -0.349 e. The molecule has 23 heavy (non-hydrogen) atoms. The van der Waals surface area contributed by atoms with Gasteiger partial charge in [-0.05, 0) is 31.9 Å². The molecule has 4 rings (SSSR count). The van der Waals surface area contributed by atoms with Crippen LogP contribution in [-0.4, -0.2) is 26.5 Å². The van der Waals surface area contributed by atoms with E-state index < -0.39 is 0 Å². The Balaban J connectivity index is 1.80. The van der Waals surface area contributed by atoms with Crippen LogP contribution < -0.4 is 5.32 Å². The quantitative estimate of drug-likeness (QED) is 0.790. The highest BCUT2D eigenvalue weighted by Gasteiger charge is 2.20. The second-order valence-electron chi connectivity index (χ2n) is 6.32. The van der Waals surface area contributed by atoms with Crippen molar-refractivity contribution < 1.29 is 4.79 Å². The monoisotopic (exact) mass is 308 g/mol. The van der Waals surface area contributed by atoms with Gasteiger partial charge >= 0.3 is 0 Å². The zero-order valence-corrected chi connectivity index (χ0v) is 13.2. The van der Waals surface area contributed by atoms with Crippen molar-refractivity contribution in [3.63, 3.8) is 0 Å².